The van der Waals surface area contributed by atoms with Crippen molar-refractivity contribution in [3.63, 3.8) is 0 Å². The fraction of sp³-hybridized carbons (Fsp3) is 0. The monoisotopic (exact) mass is 1880 g/mol. The van der Waals surface area contributed by atoms with Crippen LogP contribution in [0.4, 0.5) is 0 Å². The van der Waals surface area contributed by atoms with Gasteiger partial charge in [0.05, 0.1) is 33.1 Å². The maximum Gasteiger partial charge on any atom is 0.188 e. The average molecular weight is 1880 g/mol. The van der Waals surface area contributed by atoms with E-state index >= 15 is 0 Å². The van der Waals surface area contributed by atoms with Crippen LogP contribution in [0.15, 0.2) is 500 Å². The Morgan fingerprint density at radius 1 is 0.188 bits per heavy atom. The van der Waals surface area contributed by atoms with E-state index in [2.05, 4.69) is 432 Å². The van der Waals surface area contributed by atoms with Crippen LogP contribution in [-0.2, 0) is 0 Å². The van der Waals surface area contributed by atoms with E-state index in [0.29, 0.717) is 46.0 Å². The summed E-state index contributed by atoms with van der Waals surface area (Å²) in [7, 11) is -2.77. The molecule has 0 saturated carbocycles. The van der Waals surface area contributed by atoms with Crippen molar-refractivity contribution in [1.82, 2.24) is 13.7 Å². The molecule has 31 rings (SSSR count). The Bertz CT molecular complexity index is 10000. The lowest BCUT2D eigenvalue weighted by Gasteiger charge is -2.40. The summed E-state index contributed by atoms with van der Waals surface area (Å²) in [5.74, 6) is 7.50. The van der Waals surface area contributed by atoms with E-state index in [9.17, 15) is 0 Å². The molecule has 3 aliphatic rings. The molecular formula is C132H81N3O7SSi. The minimum absolute atomic E-state index is 0.688. The zero-order chi connectivity index (χ0) is 94.6. The molecule has 0 amide bonds. The molecule has 144 heavy (non-hydrogen) atoms. The summed E-state index contributed by atoms with van der Waals surface area (Å²) in [6.45, 7) is 0. The van der Waals surface area contributed by atoms with Gasteiger partial charge in [0.2, 0.25) is 0 Å². The zero-order valence-electron chi connectivity index (χ0n) is 77.4. The van der Waals surface area contributed by atoms with E-state index in [1.165, 1.54) is 134 Å². The number of fused-ring (bicyclic) bond motifs is 24. The van der Waals surface area contributed by atoms with Crippen molar-refractivity contribution in [2.75, 3.05) is 0 Å². The van der Waals surface area contributed by atoms with Gasteiger partial charge in [0.15, 0.2) is 54.1 Å². The smallest absolute Gasteiger partial charge is 0.188 e. The van der Waals surface area contributed by atoms with E-state index < -0.39 is 8.07 Å². The summed E-state index contributed by atoms with van der Waals surface area (Å²) in [5, 5.41) is 19.5. The number of furan rings is 2. The van der Waals surface area contributed by atoms with Gasteiger partial charge in [0.25, 0.3) is 0 Å². The molecule has 0 radical (unpaired) electrons. The summed E-state index contributed by atoms with van der Waals surface area (Å²) in [5.41, 5.74) is 24.8. The number of hydrogen-bond donors (Lipinski definition) is 0. The summed E-state index contributed by atoms with van der Waals surface area (Å²) in [6.07, 6.45) is 0. The van der Waals surface area contributed by atoms with Crippen LogP contribution in [0.25, 0.3) is 202 Å². The number of thiophene rings is 1. The fourth-order valence-electron chi connectivity index (χ4n) is 22.7. The van der Waals surface area contributed by atoms with Crippen molar-refractivity contribution in [1.29, 1.82) is 0 Å². The van der Waals surface area contributed by atoms with Crippen LogP contribution >= 0.6 is 11.3 Å². The molecule has 3 aliphatic heterocycles. The van der Waals surface area contributed by atoms with Gasteiger partial charge in [-0.15, -0.1) is 11.3 Å². The van der Waals surface area contributed by atoms with Gasteiger partial charge in [-0.1, -0.05) is 346 Å². The first kappa shape index (κ1) is 82.4. The third-order valence-electron chi connectivity index (χ3n) is 29.1. The van der Waals surface area contributed by atoms with Crippen LogP contribution in [0.2, 0.25) is 0 Å². The van der Waals surface area contributed by atoms with E-state index in [1.54, 1.807) is 0 Å². The maximum absolute atomic E-state index is 7.11. The standard InChI is InChI=1S/C54H35NOSSi.C42H25NO3.C36H21NO3/c1-4-16-36(17-5-1)37-30-32-48-45(34-37)41-22-10-11-26-47(41)55(48)38-31-33-50-46(35-38)44-25-14-24-43(54(44)57-50)42-23-15-29-52-53(42)56-49-27-12-13-28-51(49)58(52,39-18-6-2-7-19-39)40-20-8-3-9-21-40;1-2-10-26(11-3-1)27-20-22-36-33(24-27)29-12-4-5-16-35(29)43(36)28-21-23-37-34(25-28)32-14-8-13-30(41(32)45-37)31-15-9-19-40-42(31)46-39-18-7-6-17-38(39)44-40;1-3-14-29-23(9-1)24-10-2-4-15-30(24)37(29)22-19-20-31-28(21-22)27-12-7-11-25(35(27)39-31)26-13-8-18-34-36(26)40-33-17-6-5-16-32(33)38-34/h1-35H;1-25H;1-21H. The average Bonchev–Trinajstić information content (AvgIpc) is 0.720. The second-order valence-corrected chi connectivity index (χ2v) is 41.8. The zero-order valence-corrected chi connectivity index (χ0v) is 79.2. The van der Waals surface area contributed by atoms with Crippen LogP contribution in [0.1, 0.15) is 0 Å². The molecular weight excluding hydrogens is 1800 g/mol. The highest BCUT2D eigenvalue weighted by Crippen LogP contribution is 2.55. The maximum atomic E-state index is 7.11. The molecule has 28 aromatic rings. The summed E-state index contributed by atoms with van der Waals surface area (Å²) >= 11 is 1.87. The Kier molecular flexibility index (Phi) is 19.0. The SMILES string of the molecule is c1ccc(-c2ccc3c(c2)c2ccccc2n3-c2ccc3oc4c(-c5cccc6c5Oc5ccccc5O6)cccc4c3c2)cc1.c1ccc(-c2ccc3c(c2)c2ccccc2n3-c2ccc3sc4c(-c5cccc6c5Oc5ccccc5[Si]6(c5ccccc5)c5ccccc5)cccc4c3c2)cc1.c1ccc2c(c1)Oc1cccc(-c3cccc4c3oc3ccc(-n5c6ccccc6c6ccccc65)cc34)c1O2. The Labute approximate surface area is 831 Å². The van der Waals surface area contributed by atoms with Gasteiger partial charge < -0.3 is 46.2 Å². The Morgan fingerprint density at radius 2 is 0.521 bits per heavy atom. The largest absolute Gasteiger partial charge is 0.457 e. The second-order valence-electron chi connectivity index (χ2n) is 37.0. The molecule has 0 spiro atoms. The molecule has 6 aromatic heterocycles. The van der Waals surface area contributed by atoms with Crippen LogP contribution in [0.5, 0.6) is 57.5 Å². The molecule has 0 saturated heterocycles. The molecule has 0 fully saturated rings. The van der Waals surface area contributed by atoms with Gasteiger partial charge in [-0.25, -0.2) is 0 Å². The third-order valence-corrected chi connectivity index (χ3v) is 35.1. The molecule has 0 atom stereocenters. The highest BCUT2D eigenvalue weighted by Gasteiger charge is 2.49. The predicted molar refractivity (Wildman–Crippen MR) is 594 cm³/mol. The predicted octanol–water partition coefficient (Wildman–Crippen LogP) is 34.1. The minimum atomic E-state index is -2.77. The van der Waals surface area contributed by atoms with Crippen molar-refractivity contribution in [2.45, 2.75) is 0 Å². The Balaban J connectivity index is 0.000000105. The topological polar surface area (TPSA) is 87.2 Å². The number of benzene rings is 22. The Hall–Kier alpha value is -18.7. The van der Waals surface area contributed by atoms with E-state index in [1.807, 2.05) is 84.1 Å². The number of rotatable bonds is 10. The fourth-order valence-corrected chi connectivity index (χ4v) is 28.9. The second kappa shape index (κ2) is 33.3. The number of ether oxygens (including phenoxy) is 5. The van der Waals surface area contributed by atoms with Crippen LogP contribution < -0.4 is 44.4 Å². The first-order valence-corrected chi connectivity index (χ1v) is 51.4. The number of aromatic nitrogens is 3. The summed E-state index contributed by atoms with van der Waals surface area (Å²) in [6, 6.07) is 174. The molecule has 12 heteroatoms. The highest BCUT2D eigenvalue weighted by atomic mass is 32.1. The molecule has 0 unspecified atom stereocenters. The van der Waals surface area contributed by atoms with Gasteiger partial charge in [0, 0.05) is 124 Å². The minimum Gasteiger partial charge on any atom is -0.457 e. The van der Waals surface area contributed by atoms with E-state index in [4.69, 9.17) is 32.5 Å². The molecule has 0 bridgehead atoms. The van der Waals surface area contributed by atoms with Crippen molar-refractivity contribution >= 4 is 170 Å². The van der Waals surface area contributed by atoms with Crippen molar-refractivity contribution in [2.24, 2.45) is 0 Å². The van der Waals surface area contributed by atoms with Gasteiger partial charge in [-0.2, -0.15) is 0 Å². The molecule has 10 nitrogen and oxygen atoms in total. The lowest BCUT2D eigenvalue weighted by molar-refractivity contribution is 0.361. The lowest BCUT2D eigenvalue weighted by Crippen LogP contribution is -2.76. The summed E-state index contributed by atoms with van der Waals surface area (Å²) < 4.78 is 55.1. The van der Waals surface area contributed by atoms with Crippen LogP contribution in [0, 0.1) is 0 Å². The molecule has 9 heterocycles. The van der Waals surface area contributed by atoms with E-state index in [-0.39, 0.29) is 0 Å². The number of hydrogen-bond acceptors (Lipinski definition) is 8. The van der Waals surface area contributed by atoms with E-state index in [0.717, 1.165) is 100 Å². The van der Waals surface area contributed by atoms with Gasteiger partial charge in [-0.05, 0) is 189 Å². The Morgan fingerprint density at radius 3 is 1.00 bits per heavy atom. The highest BCUT2D eigenvalue weighted by molar-refractivity contribution is 7.26. The molecule has 0 aliphatic carbocycles. The molecule has 0 N–H and O–H groups in total. The first-order valence-electron chi connectivity index (χ1n) is 48.6. The van der Waals surface area contributed by atoms with Gasteiger partial charge >= 0.3 is 0 Å². The third kappa shape index (κ3) is 13.1. The van der Waals surface area contributed by atoms with Crippen molar-refractivity contribution in [3.8, 4) is 130 Å². The lowest BCUT2D eigenvalue weighted by atomic mass is 10.0. The molecule has 22 aromatic carbocycles. The van der Waals surface area contributed by atoms with Crippen LogP contribution in [-0.4, -0.2) is 21.8 Å². The summed E-state index contributed by atoms with van der Waals surface area (Å²) in [4.78, 5) is 0. The van der Waals surface area contributed by atoms with Crippen molar-refractivity contribution < 1.29 is 32.5 Å². The quantitative estimate of drug-likeness (QED) is 0.126. The molecule has 676 valence electrons. The number of para-hydroxylation sites is 14. The van der Waals surface area contributed by atoms with Gasteiger partial charge in [0.1, 0.15) is 33.8 Å². The van der Waals surface area contributed by atoms with Crippen LogP contribution in [0.3, 0.4) is 0 Å². The normalized spacial score (nSPS) is 12.6. The first-order chi connectivity index (χ1) is 71.4. The van der Waals surface area contributed by atoms with Crippen molar-refractivity contribution in [3.05, 3.63) is 491 Å². The number of nitrogens with zero attached hydrogens (tertiary/aromatic N) is 3. The van der Waals surface area contributed by atoms with Gasteiger partial charge in [-0.3, -0.25) is 0 Å².